The van der Waals surface area contributed by atoms with Gasteiger partial charge in [-0.2, -0.15) is 0 Å². The zero-order chi connectivity index (χ0) is 16.6. The van der Waals surface area contributed by atoms with Crippen molar-refractivity contribution < 1.29 is 9.53 Å². The van der Waals surface area contributed by atoms with E-state index in [9.17, 15) is 4.79 Å². The molecule has 0 bridgehead atoms. The van der Waals surface area contributed by atoms with Gasteiger partial charge in [0.25, 0.3) is 0 Å². The van der Waals surface area contributed by atoms with Crippen molar-refractivity contribution in [2.45, 2.75) is 58.0 Å². The van der Waals surface area contributed by atoms with Gasteiger partial charge in [0.1, 0.15) is 6.61 Å². The number of anilines is 1. The van der Waals surface area contributed by atoms with Gasteiger partial charge < -0.3 is 9.64 Å². The lowest BCUT2D eigenvalue weighted by Gasteiger charge is -2.35. The van der Waals surface area contributed by atoms with Crippen molar-refractivity contribution in [3.63, 3.8) is 0 Å². The van der Waals surface area contributed by atoms with Crippen molar-refractivity contribution in [1.29, 1.82) is 0 Å². The Labute approximate surface area is 137 Å². The molecular weight excluding hydrogens is 292 g/mol. The first-order chi connectivity index (χ1) is 10.9. The Morgan fingerprint density at radius 1 is 1.35 bits per heavy atom. The summed E-state index contributed by atoms with van der Waals surface area (Å²) in [5.41, 5.74) is 0.587. The molecule has 0 aromatic carbocycles. The lowest BCUT2D eigenvalue weighted by molar-refractivity contribution is 0.166. The molecule has 0 aliphatic carbocycles. The number of likely N-dealkylation sites (tertiary alicyclic amines) is 1. The van der Waals surface area contributed by atoms with Crippen LogP contribution in [-0.4, -0.2) is 52.2 Å². The minimum absolute atomic E-state index is 0.339. The average molecular weight is 318 g/mol. The largest absolute Gasteiger partial charge is 0.447 e. The fourth-order valence-electron chi connectivity index (χ4n) is 3.41. The van der Waals surface area contributed by atoms with Gasteiger partial charge in [-0.3, -0.25) is 9.88 Å². The third kappa shape index (κ3) is 3.17. The van der Waals surface area contributed by atoms with Crippen LogP contribution in [-0.2, 0) is 4.74 Å². The molecule has 2 saturated heterocycles. The second-order valence-electron chi connectivity index (χ2n) is 7.43. The Bertz CT molecular complexity index is 588. The fraction of sp³-hybridized carbons (Fsp3) is 0.706. The molecule has 6 heteroatoms. The van der Waals surface area contributed by atoms with Crippen LogP contribution in [0.3, 0.4) is 0 Å². The third-order valence-corrected chi connectivity index (χ3v) is 4.81. The number of carbonyl (C=O) groups is 1. The summed E-state index contributed by atoms with van der Waals surface area (Å²) in [6.45, 7) is 10.9. The van der Waals surface area contributed by atoms with E-state index in [1.54, 1.807) is 11.1 Å². The SMILES string of the molecule is CC(C)N1CCCC(c2cncc(N3C(=O)OCC3(C)C)n2)C1. The van der Waals surface area contributed by atoms with Gasteiger partial charge in [-0.05, 0) is 47.1 Å². The maximum Gasteiger partial charge on any atom is 0.416 e. The molecule has 0 saturated carbocycles. The summed E-state index contributed by atoms with van der Waals surface area (Å²) in [5, 5.41) is 0. The first-order valence-corrected chi connectivity index (χ1v) is 8.41. The minimum Gasteiger partial charge on any atom is -0.447 e. The van der Waals surface area contributed by atoms with E-state index in [2.05, 4.69) is 23.7 Å². The van der Waals surface area contributed by atoms with Crippen LogP contribution in [0, 0.1) is 0 Å². The van der Waals surface area contributed by atoms with Crippen molar-refractivity contribution >= 4 is 11.9 Å². The molecule has 3 heterocycles. The molecule has 1 aromatic rings. The molecule has 1 amide bonds. The molecule has 6 nitrogen and oxygen atoms in total. The van der Waals surface area contributed by atoms with Crippen molar-refractivity contribution in [2.24, 2.45) is 0 Å². The topological polar surface area (TPSA) is 58.6 Å². The highest BCUT2D eigenvalue weighted by molar-refractivity contribution is 5.90. The van der Waals surface area contributed by atoms with Crippen LogP contribution < -0.4 is 4.90 Å². The molecule has 1 unspecified atom stereocenters. The molecule has 0 spiro atoms. The van der Waals surface area contributed by atoms with Gasteiger partial charge in [0, 0.05) is 24.7 Å². The zero-order valence-electron chi connectivity index (χ0n) is 14.5. The second-order valence-corrected chi connectivity index (χ2v) is 7.43. The van der Waals surface area contributed by atoms with Crippen LogP contribution in [0.4, 0.5) is 10.6 Å². The van der Waals surface area contributed by atoms with Crippen LogP contribution in [0.2, 0.25) is 0 Å². The van der Waals surface area contributed by atoms with Crippen molar-refractivity contribution in [3.8, 4) is 0 Å². The quantitative estimate of drug-likeness (QED) is 0.857. The van der Waals surface area contributed by atoms with Gasteiger partial charge in [0.15, 0.2) is 5.82 Å². The molecule has 2 aliphatic rings. The molecule has 2 aliphatic heterocycles. The lowest BCUT2D eigenvalue weighted by atomic mass is 9.94. The molecule has 0 N–H and O–H groups in total. The number of cyclic esters (lactones) is 1. The Balaban J connectivity index is 1.84. The maximum atomic E-state index is 12.0. The maximum absolute atomic E-state index is 12.0. The summed E-state index contributed by atoms with van der Waals surface area (Å²) in [6.07, 6.45) is 5.45. The standard InChI is InChI=1S/C17H26N4O2/c1-12(2)20-7-5-6-13(10-20)14-8-18-9-15(19-14)21-16(22)23-11-17(21,3)4/h8-9,12-13H,5-7,10-11H2,1-4H3. The average Bonchev–Trinajstić information content (AvgIpc) is 2.81. The van der Waals surface area contributed by atoms with Gasteiger partial charge in [0.2, 0.25) is 0 Å². The normalized spacial score (nSPS) is 25.0. The predicted octanol–water partition coefficient (Wildman–Crippen LogP) is 2.80. The monoisotopic (exact) mass is 318 g/mol. The van der Waals surface area contributed by atoms with E-state index in [1.807, 2.05) is 20.0 Å². The number of hydrogen-bond donors (Lipinski definition) is 0. The first-order valence-electron chi connectivity index (χ1n) is 8.41. The Hall–Kier alpha value is -1.69. The number of rotatable bonds is 3. The number of hydrogen-bond acceptors (Lipinski definition) is 5. The van der Waals surface area contributed by atoms with Crippen LogP contribution in [0.25, 0.3) is 0 Å². The highest BCUT2D eigenvalue weighted by Crippen LogP contribution is 2.31. The van der Waals surface area contributed by atoms with Crippen molar-refractivity contribution in [2.75, 3.05) is 24.6 Å². The predicted molar refractivity (Wildman–Crippen MR) is 88.6 cm³/mol. The van der Waals surface area contributed by atoms with E-state index in [4.69, 9.17) is 9.72 Å². The van der Waals surface area contributed by atoms with Gasteiger partial charge in [-0.25, -0.2) is 9.78 Å². The first kappa shape index (κ1) is 16.2. The Kier molecular flexibility index (Phi) is 4.27. The summed E-state index contributed by atoms with van der Waals surface area (Å²) in [7, 11) is 0. The fourth-order valence-corrected chi connectivity index (χ4v) is 3.41. The van der Waals surface area contributed by atoms with Crippen LogP contribution in [0.5, 0.6) is 0 Å². The van der Waals surface area contributed by atoms with Crippen LogP contribution in [0.1, 0.15) is 52.1 Å². The summed E-state index contributed by atoms with van der Waals surface area (Å²) < 4.78 is 5.18. The van der Waals surface area contributed by atoms with Crippen LogP contribution in [0.15, 0.2) is 12.4 Å². The van der Waals surface area contributed by atoms with E-state index in [0.717, 1.165) is 25.2 Å². The van der Waals surface area contributed by atoms with Crippen LogP contribution >= 0.6 is 0 Å². The van der Waals surface area contributed by atoms with E-state index in [-0.39, 0.29) is 11.6 Å². The molecule has 126 valence electrons. The number of carbonyl (C=O) groups excluding carboxylic acids is 1. The van der Waals surface area contributed by atoms with E-state index < -0.39 is 0 Å². The summed E-state index contributed by atoms with van der Waals surface area (Å²) >= 11 is 0. The van der Waals surface area contributed by atoms with E-state index in [0.29, 0.717) is 24.4 Å². The highest BCUT2D eigenvalue weighted by Gasteiger charge is 2.42. The Morgan fingerprint density at radius 3 is 2.78 bits per heavy atom. The minimum atomic E-state index is -0.388. The third-order valence-electron chi connectivity index (χ3n) is 4.81. The molecule has 3 rings (SSSR count). The molecule has 1 atom stereocenters. The van der Waals surface area contributed by atoms with Gasteiger partial charge in [0.05, 0.1) is 17.4 Å². The van der Waals surface area contributed by atoms with Gasteiger partial charge in [-0.15, -0.1) is 0 Å². The number of nitrogens with zero attached hydrogens (tertiary/aromatic N) is 4. The summed E-state index contributed by atoms with van der Waals surface area (Å²) in [6, 6.07) is 0.543. The number of piperidine rings is 1. The van der Waals surface area contributed by atoms with Gasteiger partial charge in [-0.1, -0.05) is 0 Å². The lowest BCUT2D eigenvalue weighted by Crippen LogP contribution is -2.43. The number of amides is 1. The highest BCUT2D eigenvalue weighted by atomic mass is 16.6. The molecule has 2 fully saturated rings. The van der Waals surface area contributed by atoms with Crippen molar-refractivity contribution in [1.82, 2.24) is 14.9 Å². The smallest absolute Gasteiger partial charge is 0.416 e. The summed E-state index contributed by atoms with van der Waals surface area (Å²) in [5.74, 6) is 0.969. The zero-order valence-corrected chi connectivity index (χ0v) is 14.5. The summed E-state index contributed by atoms with van der Waals surface area (Å²) in [4.78, 5) is 25.2. The van der Waals surface area contributed by atoms with E-state index in [1.165, 1.54) is 6.42 Å². The number of aromatic nitrogens is 2. The molecular formula is C17H26N4O2. The second kappa shape index (κ2) is 6.07. The molecule has 23 heavy (non-hydrogen) atoms. The Morgan fingerprint density at radius 2 is 2.13 bits per heavy atom. The molecule has 1 aromatic heterocycles. The van der Waals surface area contributed by atoms with Crippen molar-refractivity contribution in [3.05, 3.63) is 18.1 Å². The van der Waals surface area contributed by atoms with E-state index >= 15 is 0 Å². The van der Waals surface area contributed by atoms with Gasteiger partial charge >= 0.3 is 6.09 Å². The number of ether oxygens (including phenoxy) is 1. The molecule has 0 radical (unpaired) electrons.